The smallest absolute Gasteiger partial charge is 0.244 e. The molecule has 0 aliphatic carbocycles. The van der Waals surface area contributed by atoms with Crippen LogP contribution < -0.4 is 5.32 Å². The van der Waals surface area contributed by atoms with Crippen molar-refractivity contribution >= 4 is 23.1 Å². The molecule has 4 rings (SSSR count). The van der Waals surface area contributed by atoms with Crippen LogP contribution in [0.15, 0.2) is 65.1 Å². The summed E-state index contributed by atoms with van der Waals surface area (Å²) in [5.74, 6) is 0.331. The van der Waals surface area contributed by atoms with E-state index in [0.717, 1.165) is 37.2 Å². The highest BCUT2D eigenvalue weighted by atomic mass is 16.3. The van der Waals surface area contributed by atoms with Gasteiger partial charge in [-0.1, -0.05) is 42.5 Å². The second-order valence-corrected chi connectivity index (χ2v) is 6.57. The summed E-state index contributed by atoms with van der Waals surface area (Å²) in [6, 6.07) is 18.1. The largest absolute Gasteiger partial charge is 0.437 e. The number of nitrogens with one attached hydrogen (secondary N) is 1. The first-order chi connectivity index (χ1) is 12.8. The average Bonchev–Trinajstić information content (AvgIpc) is 3.27. The van der Waals surface area contributed by atoms with Gasteiger partial charge in [-0.15, -0.1) is 0 Å². The molecule has 1 aromatic heterocycles. The maximum absolute atomic E-state index is 12.2. The Morgan fingerprint density at radius 1 is 1.19 bits per heavy atom. The third-order valence-corrected chi connectivity index (χ3v) is 4.56. The number of hydrogen-bond donors (Lipinski definition) is 1. The maximum Gasteiger partial charge on any atom is 0.244 e. The van der Waals surface area contributed by atoms with E-state index >= 15 is 0 Å². The van der Waals surface area contributed by atoms with E-state index in [-0.39, 0.29) is 11.9 Å². The summed E-state index contributed by atoms with van der Waals surface area (Å²) < 4.78 is 5.59. The molecule has 2 aromatic carbocycles. The van der Waals surface area contributed by atoms with Crippen molar-refractivity contribution in [1.82, 2.24) is 15.2 Å². The van der Waals surface area contributed by atoms with E-state index in [1.807, 2.05) is 30.3 Å². The van der Waals surface area contributed by atoms with Gasteiger partial charge in [-0.3, -0.25) is 9.69 Å². The molecule has 132 valence electrons. The molecular formula is C21H21N3O2. The predicted molar refractivity (Wildman–Crippen MR) is 101 cm³/mol. The summed E-state index contributed by atoms with van der Waals surface area (Å²) in [5, 5.41) is 3.06. The number of para-hydroxylation sites is 2. The monoisotopic (exact) mass is 347 g/mol. The molecule has 5 nitrogen and oxygen atoms in total. The van der Waals surface area contributed by atoms with Crippen molar-refractivity contribution in [2.45, 2.75) is 19.0 Å². The van der Waals surface area contributed by atoms with Gasteiger partial charge in [0.1, 0.15) is 5.52 Å². The Kier molecular flexibility index (Phi) is 4.80. The van der Waals surface area contributed by atoms with Gasteiger partial charge < -0.3 is 9.73 Å². The number of carbonyl (C=O) groups excluding carboxylic acids is 1. The number of benzene rings is 2. The number of aromatic nitrogens is 1. The Bertz CT molecular complexity index is 884. The summed E-state index contributed by atoms with van der Waals surface area (Å²) in [6.45, 7) is 2.79. The van der Waals surface area contributed by atoms with Gasteiger partial charge >= 0.3 is 0 Å². The fourth-order valence-electron chi connectivity index (χ4n) is 3.29. The zero-order valence-electron chi connectivity index (χ0n) is 14.5. The van der Waals surface area contributed by atoms with Gasteiger partial charge in [0.15, 0.2) is 5.58 Å². The van der Waals surface area contributed by atoms with Crippen LogP contribution in [-0.4, -0.2) is 34.9 Å². The van der Waals surface area contributed by atoms with E-state index in [2.05, 4.69) is 39.5 Å². The highest BCUT2D eigenvalue weighted by molar-refractivity contribution is 5.91. The number of carbonyl (C=O) groups is 1. The Labute approximate surface area is 152 Å². The van der Waals surface area contributed by atoms with Gasteiger partial charge in [-0.25, -0.2) is 4.98 Å². The van der Waals surface area contributed by atoms with Gasteiger partial charge in [0.25, 0.3) is 0 Å². The first kappa shape index (κ1) is 16.5. The second-order valence-electron chi connectivity index (χ2n) is 6.57. The minimum atomic E-state index is -0.112. The number of likely N-dealkylation sites (tertiary alicyclic amines) is 1. The summed E-state index contributed by atoms with van der Waals surface area (Å²) in [4.78, 5) is 18.9. The minimum Gasteiger partial charge on any atom is -0.437 e. The van der Waals surface area contributed by atoms with Crippen molar-refractivity contribution in [3.05, 3.63) is 72.1 Å². The number of hydrogen-bond acceptors (Lipinski definition) is 4. The maximum atomic E-state index is 12.2. The molecule has 3 aromatic rings. The van der Waals surface area contributed by atoms with E-state index in [0.29, 0.717) is 5.89 Å². The van der Waals surface area contributed by atoms with Crippen LogP contribution in [0.4, 0.5) is 0 Å². The van der Waals surface area contributed by atoms with E-state index < -0.39 is 0 Å². The summed E-state index contributed by atoms with van der Waals surface area (Å²) >= 11 is 0. The van der Waals surface area contributed by atoms with Crippen LogP contribution in [0.25, 0.3) is 17.2 Å². The molecule has 0 saturated carbocycles. The fourth-order valence-corrected chi connectivity index (χ4v) is 3.29. The number of rotatable bonds is 5. The molecule has 1 saturated heterocycles. The first-order valence-electron chi connectivity index (χ1n) is 8.87. The van der Waals surface area contributed by atoms with Crippen LogP contribution in [0.2, 0.25) is 0 Å². The first-order valence-corrected chi connectivity index (χ1v) is 8.87. The zero-order chi connectivity index (χ0) is 17.8. The Morgan fingerprint density at radius 3 is 2.85 bits per heavy atom. The number of amides is 1. The molecule has 0 radical (unpaired) electrons. The lowest BCUT2D eigenvalue weighted by Gasteiger charge is -2.16. The number of fused-ring (bicyclic) bond motifs is 1. The van der Waals surface area contributed by atoms with E-state index in [4.69, 9.17) is 4.42 Å². The number of nitrogens with zero attached hydrogens (tertiary/aromatic N) is 2. The van der Waals surface area contributed by atoms with Gasteiger partial charge in [-0.2, -0.15) is 0 Å². The SMILES string of the molecule is O=C(C=Cc1nc2ccccc2o1)NC1CCN(Cc2ccccc2)C1. The third kappa shape index (κ3) is 4.00. The van der Waals surface area contributed by atoms with Crippen molar-refractivity contribution in [2.75, 3.05) is 13.1 Å². The standard InChI is InChI=1S/C21H21N3O2/c25-20(10-11-21-23-18-8-4-5-9-19(18)26-21)22-17-12-13-24(15-17)14-16-6-2-1-3-7-16/h1-11,17H,12-15H2,(H,22,25). The average molecular weight is 347 g/mol. The van der Waals surface area contributed by atoms with Crippen LogP contribution in [0, 0.1) is 0 Å². The van der Waals surface area contributed by atoms with Crippen LogP contribution in [0.1, 0.15) is 17.9 Å². The fraction of sp³-hybridized carbons (Fsp3) is 0.238. The van der Waals surface area contributed by atoms with Crippen molar-refractivity contribution < 1.29 is 9.21 Å². The topological polar surface area (TPSA) is 58.4 Å². The Hall–Kier alpha value is -2.92. The van der Waals surface area contributed by atoms with Crippen LogP contribution >= 0.6 is 0 Å². The van der Waals surface area contributed by atoms with Crippen molar-refractivity contribution in [3.8, 4) is 0 Å². The van der Waals surface area contributed by atoms with Gasteiger partial charge in [0, 0.05) is 37.8 Å². The van der Waals surface area contributed by atoms with Crippen molar-refractivity contribution in [1.29, 1.82) is 0 Å². The summed E-state index contributed by atoms with van der Waals surface area (Å²) in [7, 11) is 0. The van der Waals surface area contributed by atoms with Gasteiger partial charge in [0.2, 0.25) is 11.8 Å². The molecule has 1 atom stereocenters. The molecule has 0 bridgehead atoms. The Balaban J connectivity index is 1.29. The van der Waals surface area contributed by atoms with Crippen molar-refractivity contribution in [2.24, 2.45) is 0 Å². The third-order valence-electron chi connectivity index (χ3n) is 4.56. The molecule has 1 unspecified atom stereocenters. The van der Waals surface area contributed by atoms with E-state index in [1.54, 1.807) is 6.08 Å². The van der Waals surface area contributed by atoms with E-state index in [9.17, 15) is 4.79 Å². The normalized spacial score (nSPS) is 17.9. The zero-order valence-corrected chi connectivity index (χ0v) is 14.5. The lowest BCUT2D eigenvalue weighted by atomic mass is 10.2. The van der Waals surface area contributed by atoms with Gasteiger partial charge in [-0.05, 0) is 24.1 Å². The molecular weight excluding hydrogens is 326 g/mol. The highest BCUT2D eigenvalue weighted by Gasteiger charge is 2.23. The van der Waals surface area contributed by atoms with E-state index in [1.165, 1.54) is 11.6 Å². The summed E-state index contributed by atoms with van der Waals surface area (Å²) in [5.41, 5.74) is 2.81. The molecule has 0 spiro atoms. The minimum absolute atomic E-state index is 0.112. The van der Waals surface area contributed by atoms with Gasteiger partial charge in [0.05, 0.1) is 0 Å². The predicted octanol–water partition coefficient (Wildman–Crippen LogP) is 3.23. The number of oxazole rings is 1. The van der Waals surface area contributed by atoms with Crippen LogP contribution in [0.5, 0.6) is 0 Å². The lowest BCUT2D eigenvalue weighted by molar-refractivity contribution is -0.117. The molecule has 1 aliphatic heterocycles. The molecule has 1 amide bonds. The van der Waals surface area contributed by atoms with Crippen LogP contribution in [-0.2, 0) is 11.3 Å². The molecule has 1 aliphatic rings. The summed E-state index contributed by atoms with van der Waals surface area (Å²) in [6.07, 6.45) is 4.08. The molecule has 1 N–H and O–H groups in total. The molecule has 5 heteroatoms. The Morgan fingerprint density at radius 2 is 2.00 bits per heavy atom. The highest BCUT2D eigenvalue weighted by Crippen LogP contribution is 2.16. The molecule has 1 fully saturated rings. The van der Waals surface area contributed by atoms with Crippen molar-refractivity contribution in [3.63, 3.8) is 0 Å². The lowest BCUT2D eigenvalue weighted by Crippen LogP contribution is -2.35. The quantitative estimate of drug-likeness (QED) is 0.720. The van der Waals surface area contributed by atoms with Crippen LogP contribution in [0.3, 0.4) is 0 Å². The molecule has 2 heterocycles. The molecule has 26 heavy (non-hydrogen) atoms. The second kappa shape index (κ2) is 7.54.